The first kappa shape index (κ1) is 11.2. The molecule has 4 heteroatoms. The third kappa shape index (κ3) is 2.10. The van der Waals surface area contributed by atoms with E-state index >= 15 is 0 Å². The van der Waals surface area contributed by atoms with Crippen LogP contribution in [-0.2, 0) is 0 Å². The number of aromatic nitrogens is 1. The molecule has 4 nitrogen and oxygen atoms in total. The number of hydrogen-bond donors (Lipinski definition) is 0. The Balaban J connectivity index is 2.17. The van der Waals surface area contributed by atoms with Crippen molar-refractivity contribution in [3.63, 3.8) is 0 Å². The third-order valence-corrected chi connectivity index (χ3v) is 3.14. The molecule has 0 aromatic carbocycles. The molecule has 0 atom stereocenters. The highest BCUT2D eigenvalue weighted by atomic mass is 16.5. The van der Waals surface area contributed by atoms with E-state index < -0.39 is 0 Å². The highest BCUT2D eigenvalue weighted by Crippen LogP contribution is 2.18. The van der Waals surface area contributed by atoms with E-state index in [2.05, 4.69) is 5.16 Å². The van der Waals surface area contributed by atoms with E-state index in [1.807, 2.05) is 11.8 Å². The maximum absolute atomic E-state index is 12.3. The largest absolute Gasteiger partial charge is 0.361 e. The van der Waals surface area contributed by atoms with Crippen LogP contribution >= 0.6 is 0 Å². The van der Waals surface area contributed by atoms with Crippen molar-refractivity contribution in [1.82, 2.24) is 10.1 Å². The monoisotopic (exact) mass is 222 g/mol. The van der Waals surface area contributed by atoms with Gasteiger partial charge in [0, 0.05) is 13.1 Å². The van der Waals surface area contributed by atoms with Crippen LogP contribution < -0.4 is 0 Å². The summed E-state index contributed by atoms with van der Waals surface area (Å²) in [5.74, 6) is 0.713. The molecular formula is C12H18N2O2. The SMILES string of the molecule is Cc1noc(C)c1C(=O)N1CCCCCC1. The zero-order valence-corrected chi connectivity index (χ0v) is 9.95. The maximum atomic E-state index is 12.3. The summed E-state index contributed by atoms with van der Waals surface area (Å²) in [7, 11) is 0. The molecule has 0 bridgehead atoms. The molecule has 0 unspecified atom stereocenters. The van der Waals surface area contributed by atoms with Crippen LogP contribution in [0.1, 0.15) is 47.5 Å². The quantitative estimate of drug-likeness (QED) is 0.732. The lowest BCUT2D eigenvalue weighted by molar-refractivity contribution is 0.0759. The highest BCUT2D eigenvalue weighted by molar-refractivity contribution is 5.96. The molecule has 1 aromatic heterocycles. The van der Waals surface area contributed by atoms with Crippen LogP contribution in [0.5, 0.6) is 0 Å². The topological polar surface area (TPSA) is 46.3 Å². The van der Waals surface area contributed by atoms with Gasteiger partial charge >= 0.3 is 0 Å². The van der Waals surface area contributed by atoms with Gasteiger partial charge in [0.1, 0.15) is 11.3 Å². The zero-order valence-electron chi connectivity index (χ0n) is 9.95. The molecule has 88 valence electrons. The molecule has 2 heterocycles. The Morgan fingerprint density at radius 2 is 1.81 bits per heavy atom. The molecule has 1 saturated heterocycles. The molecule has 1 amide bonds. The number of carbonyl (C=O) groups is 1. The lowest BCUT2D eigenvalue weighted by Crippen LogP contribution is -2.32. The lowest BCUT2D eigenvalue weighted by atomic mass is 10.1. The van der Waals surface area contributed by atoms with E-state index in [0.717, 1.165) is 25.9 Å². The molecule has 0 spiro atoms. The zero-order chi connectivity index (χ0) is 11.5. The summed E-state index contributed by atoms with van der Waals surface area (Å²) >= 11 is 0. The van der Waals surface area contributed by atoms with Crippen LogP contribution in [0.15, 0.2) is 4.52 Å². The lowest BCUT2D eigenvalue weighted by Gasteiger charge is -2.19. The van der Waals surface area contributed by atoms with Crippen molar-refractivity contribution < 1.29 is 9.32 Å². The van der Waals surface area contributed by atoms with Crippen molar-refractivity contribution in [2.75, 3.05) is 13.1 Å². The van der Waals surface area contributed by atoms with Gasteiger partial charge in [-0.15, -0.1) is 0 Å². The number of aryl methyl sites for hydroxylation is 2. The molecule has 0 aliphatic carbocycles. The fourth-order valence-corrected chi connectivity index (χ4v) is 2.22. The number of rotatable bonds is 1. The molecule has 1 fully saturated rings. The van der Waals surface area contributed by atoms with Crippen LogP contribution in [0.3, 0.4) is 0 Å². The first-order valence-corrected chi connectivity index (χ1v) is 5.92. The molecule has 0 N–H and O–H groups in total. The summed E-state index contributed by atoms with van der Waals surface area (Å²) in [4.78, 5) is 14.2. The van der Waals surface area contributed by atoms with Crippen LogP contribution in [0.25, 0.3) is 0 Å². The van der Waals surface area contributed by atoms with Crippen LogP contribution in [-0.4, -0.2) is 29.1 Å². The van der Waals surface area contributed by atoms with E-state index in [0.29, 0.717) is 17.0 Å². The number of hydrogen-bond acceptors (Lipinski definition) is 3. The number of carbonyl (C=O) groups excluding carboxylic acids is 1. The second kappa shape index (κ2) is 4.68. The van der Waals surface area contributed by atoms with Gasteiger partial charge in [0.2, 0.25) is 0 Å². The minimum absolute atomic E-state index is 0.0816. The minimum Gasteiger partial charge on any atom is -0.361 e. The first-order valence-electron chi connectivity index (χ1n) is 5.92. The van der Waals surface area contributed by atoms with Gasteiger partial charge < -0.3 is 9.42 Å². The average Bonchev–Trinajstić information content (AvgIpc) is 2.51. The Hall–Kier alpha value is -1.32. The number of nitrogens with zero attached hydrogens (tertiary/aromatic N) is 2. The first-order chi connectivity index (χ1) is 7.70. The van der Waals surface area contributed by atoms with Gasteiger partial charge in [0.15, 0.2) is 0 Å². The van der Waals surface area contributed by atoms with Gasteiger partial charge in [-0.05, 0) is 26.7 Å². The summed E-state index contributed by atoms with van der Waals surface area (Å²) in [5, 5.41) is 3.83. The molecule has 1 aliphatic heterocycles. The van der Waals surface area contributed by atoms with Gasteiger partial charge in [-0.3, -0.25) is 4.79 Å². The molecular weight excluding hydrogens is 204 g/mol. The normalized spacial score (nSPS) is 17.2. The second-order valence-corrected chi connectivity index (χ2v) is 4.41. The molecule has 1 aliphatic rings. The van der Waals surface area contributed by atoms with Gasteiger partial charge in [-0.2, -0.15) is 0 Å². The Morgan fingerprint density at radius 3 is 2.31 bits per heavy atom. The molecule has 2 rings (SSSR count). The van der Waals surface area contributed by atoms with E-state index in [1.54, 1.807) is 6.92 Å². The fraction of sp³-hybridized carbons (Fsp3) is 0.667. The molecule has 0 radical (unpaired) electrons. The Kier molecular flexibility index (Phi) is 3.27. The van der Waals surface area contributed by atoms with Gasteiger partial charge in [-0.25, -0.2) is 0 Å². The second-order valence-electron chi connectivity index (χ2n) is 4.41. The summed E-state index contributed by atoms with van der Waals surface area (Å²) in [6.07, 6.45) is 4.67. The van der Waals surface area contributed by atoms with Crippen molar-refractivity contribution in [3.8, 4) is 0 Å². The van der Waals surface area contributed by atoms with Crippen molar-refractivity contribution in [3.05, 3.63) is 17.0 Å². The minimum atomic E-state index is 0.0816. The molecule has 1 aromatic rings. The molecule has 16 heavy (non-hydrogen) atoms. The van der Waals surface area contributed by atoms with Gasteiger partial charge in [-0.1, -0.05) is 18.0 Å². The van der Waals surface area contributed by atoms with Crippen LogP contribution in [0, 0.1) is 13.8 Å². The van der Waals surface area contributed by atoms with E-state index in [4.69, 9.17) is 4.52 Å². The van der Waals surface area contributed by atoms with Crippen molar-refractivity contribution >= 4 is 5.91 Å². The summed E-state index contributed by atoms with van der Waals surface area (Å²) in [6, 6.07) is 0. The standard InChI is InChI=1S/C12H18N2O2/c1-9-11(10(2)16-13-9)12(15)14-7-5-3-4-6-8-14/h3-8H2,1-2H3. The van der Waals surface area contributed by atoms with E-state index in [1.165, 1.54) is 12.8 Å². The summed E-state index contributed by atoms with van der Waals surface area (Å²) in [5.41, 5.74) is 1.36. The number of likely N-dealkylation sites (tertiary alicyclic amines) is 1. The van der Waals surface area contributed by atoms with E-state index in [9.17, 15) is 4.79 Å². The Morgan fingerprint density at radius 1 is 1.19 bits per heavy atom. The van der Waals surface area contributed by atoms with Crippen LogP contribution in [0.2, 0.25) is 0 Å². The number of amides is 1. The maximum Gasteiger partial charge on any atom is 0.259 e. The average molecular weight is 222 g/mol. The fourth-order valence-electron chi connectivity index (χ4n) is 2.22. The van der Waals surface area contributed by atoms with E-state index in [-0.39, 0.29) is 5.91 Å². The highest BCUT2D eigenvalue weighted by Gasteiger charge is 2.23. The van der Waals surface area contributed by atoms with Crippen LogP contribution in [0.4, 0.5) is 0 Å². The van der Waals surface area contributed by atoms with Crippen molar-refractivity contribution in [1.29, 1.82) is 0 Å². The summed E-state index contributed by atoms with van der Waals surface area (Å²) < 4.78 is 5.04. The predicted molar refractivity (Wildman–Crippen MR) is 60.3 cm³/mol. The molecule has 0 saturated carbocycles. The van der Waals surface area contributed by atoms with Gasteiger partial charge in [0.25, 0.3) is 5.91 Å². The van der Waals surface area contributed by atoms with Gasteiger partial charge in [0.05, 0.1) is 5.69 Å². The van der Waals surface area contributed by atoms with Crippen molar-refractivity contribution in [2.45, 2.75) is 39.5 Å². The predicted octanol–water partition coefficient (Wildman–Crippen LogP) is 2.31. The third-order valence-electron chi connectivity index (χ3n) is 3.14. The Labute approximate surface area is 95.6 Å². The van der Waals surface area contributed by atoms with Crippen molar-refractivity contribution in [2.24, 2.45) is 0 Å². The Bertz CT molecular complexity index is 357. The smallest absolute Gasteiger partial charge is 0.259 e. The summed E-state index contributed by atoms with van der Waals surface area (Å²) in [6.45, 7) is 5.35.